The topological polar surface area (TPSA) is 43.8 Å². The van der Waals surface area contributed by atoms with Crippen LogP contribution in [0.25, 0.3) is 0 Å². The highest BCUT2D eigenvalue weighted by atomic mass is 32.1. The minimum Gasteiger partial charge on any atom is -0.477 e. The molecule has 0 aromatic carbocycles. The molecule has 0 spiro atoms. The number of carbonyl (C=O) groups is 1. The second-order valence-electron chi connectivity index (χ2n) is 5.12. The van der Waals surface area contributed by atoms with Gasteiger partial charge in [-0.1, -0.05) is 0 Å². The Morgan fingerprint density at radius 3 is 2.67 bits per heavy atom. The van der Waals surface area contributed by atoms with Crippen molar-refractivity contribution in [2.24, 2.45) is 0 Å². The number of hydrogen-bond donors (Lipinski definition) is 1. The molecular weight excluding hydrogens is 248 g/mol. The number of carboxylic acid groups (broad SMARTS) is 1. The summed E-state index contributed by atoms with van der Waals surface area (Å²) < 4.78 is 0. The van der Waals surface area contributed by atoms with Gasteiger partial charge < -0.3 is 5.11 Å². The number of rotatable bonds is 4. The predicted molar refractivity (Wildman–Crippen MR) is 71.2 cm³/mol. The first-order valence-corrected chi connectivity index (χ1v) is 7.38. The van der Waals surface area contributed by atoms with Gasteiger partial charge in [-0.3, -0.25) is 9.80 Å². The Kier molecular flexibility index (Phi) is 3.37. The van der Waals surface area contributed by atoms with E-state index < -0.39 is 5.97 Å². The largest absolute Gasteiger partial charge is 0.477 e. The summed E-state index contributed by atoms with van der Waals surface area (Å²) in [5.41, 5.74) is 0.965. The van der Waals surface area contributed by atoms with Crippen molar-refractivity contribution in [3.63, 3.8) is 0 Å². The van der Waals surface area contributed by atoms with E-state index in [2.05, 4.69) is 9.80 Å². The Labute approximate surface area is 111 Å². The summed E-state index contributed by atoms with van der Waals surface area (Å²) in [4.78, 5) is 16.5. The molecule has 1 aromatic rings. The van der Waals surface area contributed by atoms with Crippen LogP contribution in [0.15, 0.2) is 11.4 Å². The van der Waals surface area contributed by atoms with Crippen LogP contribution in [0.1, 0.15) is 28.1 Å². The van der Waals surface area contributed by atoms with E-state index in [1.54, 1.807) is 0 Å². The van der Waals surface area contributed by atoms with Crippen molar-refractivity contribution in [1.29, 1.82) is 0 Å². The summed E-state index contributed by atoms with van der Waals surface area (Å²) in [7, 11) is 0. The van der Waals surface area contributed by atoms with E-state index in [0.29, 0.717) is 4.88 Å². The molecule has 5 heteroatoms. The highest BCUT2D eigenvalue weighted by Gasteiger charge is 2.31. The van der Waals surface area contributed by atoms with Crippen LogP contribution in [-0.4, -0.2) is 53.1 Å². The predicted octanol–water partition coefficient (Wildman–Crippen LogP) is 1.73. The third-order valence-corrected chi connectivity index (χ3v) is 4.75. The molecule has 1 aliphatic carbocycles. The highest BCUT2D eigenvalue weighted by Crippen LogP contribution is 2.28. The molecule has 18 heavy (non-hydrogen) atoms. The molecule has 1 saturated heterocycles. The first-order valence-electron chi connectivity index (χ1n) is 6.50. The van der Waals surface area contributed by atoms with Crippen LogP contribution in [0.4, 0.5) is 0 Å². The van der Waals surface area contributed by atoms with Crippen LogP contribution in [-0.2, 0) is 6.54 Å². The molecule has 1 aromatic heterocycles. The standard InChI is InChI=1S/C13H18N2O2S/c16-13(17)12-10(3-8-18-12)9-14-4-6-15(7-5-14)11-1-2-11/h3,8,11H,1-2,4-7,9H2,(H,16,17). The molecule has 3 rings (SSSR count). The third kappa shape index (κ3) is 2.58. The van der Waals surface area contributed by atoms with Gasteiger partial charge in [0, 0.05) is 38.8 Å². The molecule has 1 aliphatic heterocycles. The number of piperazine rings is 1. The fourth-order valence-electron chi connectivity index (χ4n) is 2.62. The van der Waals surface area contributed by atoms with E-state index in [9.17, 15) is 4.79 Å². The molecule has 1 saturated carbocycles. The zero-order valence-electron chi connectivity index (χ0n) is 10.3. The lowest BCUT2D eigenvalue weighted by Gasteiger charge is -2.34. The first-order chi connectivity index (χ1) is 8.74. The number of carboxylic acids is 1. The molecule has 2 fully saturated rings. The Balaban J connectivity index is 1.56. The molecule has 4 nitrogen and oxygen atoms in total. The van der Waals surface area contributed by atoms with E-state index in [4.69, 9.17) is 5.11 Å². The quantitative estimate of drug-likeness (QED) is 0.901. The monoisotopic (exact) mass is 266 g/mol. The number of nitrogens with zero attached hydrogens (tertiary/aromatic N) is 2. The van der Waals surface area contributed by atoms with Gasteiger partial charge in [-0.05, 0) is 29.9 Å². The maximum Gasteiger partial charge on any atom is 0.346 e. The van der Waals surface area contributed by atoms with Crippen LogP contribution in [0.5, 0.6) is 0 Å². The van der Waals surface area contributed by atoms with Gasteiger partial charge in [0.05, 0.1) is 0 Å². The van der Waals surface area contributed by atoms with Crippen LogP contribution >= 0.6 is 11.3 Å². The van der Waals surface area contributed by atoms with Crippen LogP contribution in [0.3, 0.4) is 0 Å². The third-order valence-electron chi connectivity index (χ3n) is 3.81. The van der Waals surface area contributed by atoms with E-state index in [1.165, 1.54) is 24.2 Å². The van der Waals surface area contributed by atoms with E-state index in [1.807, 2.05) is 11.4 Å². The summed E-state index contributed by atoms with van der Waals surface area (Å²) in [6.07, 6.45) is 2.74. The summed E-state index contributed by atoms with van der Waals surface area (Å²) in [6.45, 7) is 5.18. The van der Waals surface area contributed by atoms with Gasteiger partial charge in [0.1, 0.15) is 4.88 Å². The SMILES string of the molecule is O=C(O)c1sccc1CN1CCN(C2CC2)CC1. The molecule has 0 unspecified atom stereocenters. The second-order valence-corrected chi connectivity index (χ2v) is 6.04. The van der Waals surface area contributed by atoms with E-state index in [-0.39, 0.29) is 0 Å². The summed E-state index contributed by atoms with van der Waals surface area (Å²) in [6, 6.07) is 2.80. The minimum absolute atomic E-state index is 0.500. The normalized spacial score (nSPS) is 22.2. The van der Waals surface area contributed by atoms with Gasteiger partial charge in [0.15, 0.2) is 0 Å². The highest BCUT2D eigenvalue weighted by molar-refractivity contribution is 7.12. The van der Waals surface area contributed by atoms with Gasteiger partial charge in [0.25, 0.3) is 0 Å². The molecular formula is C13H18N2O2S. The molecule has 2 aliphatic rings. The Morgan fingerprint density at radius 1 is 1.33 bits per heavy atom. The van der Waals surface area contributed by atoms with Crippen molar-refractivity contribution < 1.29 is 9.90 Å². The lowest BCUT2D eigenvalue weighted by atomic mass is 10.2. The van der Waals surface area contributed by atoms with Gasteiger partial charge in [-0.25, -0.2) is 4.79 Å². The van der Waals surface area contributed by atoms with E-state index in [0.717, 1.165) is 44.3 Å². The smallest absolute Gasteiger partial charge is 0.346 e. The Hall–Kier alpha value is -0.910. The summed E-state index contributed by atoms with van der Waals surface area (Å²) in [5.74, 6) is -0.795. The maximum absolute atomic E-state index is 11.1. The average Bonchev–Trinajstić information content (AvgIpc) is 3.10. The number of hydrogen-bond acceptors (Lipinski definition) is 4. The molecule has 0 amide bonds. The van der Waals surface area contributed by atoms with Gasteiger partial charge >= 0.3 is 5.97 Å². The van der Waals surface area contributed by atoms with Crippen LogP contribution < -0.4 is 0 Å². The minimum atomic E-state index is -0.795. The van der Waals surface area contributed by atoms with Crippen LogP contribution in [0.2, 0.25) is 0 Å². The first kappa shape index (κ1) is 12.1. The lowest BCUT2D eigenvalue weighted by Crippen LogP contribution is -2.46. The van der Waals surface area contributed by atoms with Gasteiger partial charge in [0.2, 0.25) is 0 Å². The number of thiophene rings is 1. The van der Waals surface area contributed by atoms with Crippen molar-refractivity contribution in [2.75, 3.05) is 26.2 Å². The van der Waals surface area contributed by atoms with E-state index >= 15 is 0 Å². The van der Waals surface area contributed by atoms with Crippen molar-refractivity contribution in [1.82, 2.24) is 9.80 Å². The van der Waals surface area contributed by atoms with Crippen molar-refractivity contribution in [2.45, 2.75) is 25.4 Å². The molecule has 0 atom stereocenters. The van der Waals surface area contributed by atoms with Gasteiger partial charge in [-0.2, -0.15) is 0 Å². The molecule has 2 heterocycles. The fraction of sp³-hybridized carbons (Fsp3) is 0.615. The molecule has 1 N–H and O–H groups in total. The lowest BCUT2D eigenvalue weighted by molar-refractivity contribution is 0.0698. The van der Waals surface area contributed by atoms with Gasteiger partial charge in [-0.15, -0.1) is 11.3 Å². The van der Waals surface area contributed by atoms with Crippen molar-refractivity contribution >= 4 is 17.3 Å². The Bertz CT molecular complexity index is 434. The fourth-order valence-corrected chi connectivity index (χ4v) is 3.37. The number of aromatic carboxylic acids is 1. The summed E-state index contributed by atoms with van der Waals surface area (Å²) >= 11 is 1.33. The van der Waals surface area contributed by atoms with Crippen molar-refractivity contribution in [3.8, 4) is 0 Å². The Morgan fingerprint density at radius 2 is 2.06 bits per heavy atom. The van der Waals surface area contributed by atoms with Crippen LogP contribution in [0, 0.1) is 0 Å². The molecule has 0 radical (unpaired) electrons. The zero-order chi connectivity index (χ0) is 12.5. The average molecular weight is 266 g/mol. The maximum atomic E-state index is 11.1. The second kappa shape index (κ2) is 4.99. The molecule has 98 valence electrons. The molecule has 0 bridgehead atoms. The zero-order valence-corrected chi connectivity index (χ0v) is 11.2. The summed E-state index contributed by atoms with van der Waals surface area (Å²) in [5, 5.41) is 11.0. The van der Waals surface area contributed by atoms with Crippen molar-refractivity contribution in [3.05, 3.63) is 21.9 Å².